The number of fused-ring (bicyclic) bond motifs is 1. The minimum atomic E-state index is 0.410. The number of anilines is 1. The molecule has 2 aliphatic rings. The molecule has 1 aliphatic heterocycles. The molecule has 1 saturated heterocycles. The molecule has 1 aliphatic carbocycles. The van der Waals surface area contributed by atoms with Gasteiger partial charge in [-0.25, -0.2) is 0 Å². The lowest BCUT2D eigenvalue weighted by atomic mass is 9.89. The van der Waals surface area contributed by atoms with Crippen LogP contribution in [-0.2, 0) is 11.3 Å². The van der Waals surface area contributed by atoms with Crippen molar-refractivity contribution in [2.45, 2.75) is 44.4 Å². The van der Waals surface area contributed by atoms with Crippen molar-refractivity contribution in [3.63, 3.8) is 0 Å². The third-order valence-electron chi connectivity index (χ3n) is 4.47. The van der Waals surface area contributed by atoms with E-state index >= 15 is 0 Å². The van der Waals surface area contributed by atoms with E-state index in [0.717, 1.165) is 30.3 Å². The van der Waals surface area contributed by atoms with E-state index in [2.05, 4.69) is 28.4 Å². The maximum atomic E-state index is 6.40. The van der Waals surface area contributed by atoms with Gasteiger partial charge in [-0.3, -0.25) is 0 Å². The zero-order chi connectivity index (χ0) is 13.9. The van der Waals surface area contributed by atoms with Gasteiger partial charge in [0, 0.05) is 23.8 Å². The Morgan fingerprint density at radius 3 is 3.00 bits per heavy atom. The average molecular weight is 295 g/mol. The number of benzene rings is 1. The summed E-state index contributed by atoms with van der Waals surface area (Å²) in [6.45, 7) is 2.62. The van der Waals surface area contributed by atoms with Gasteiger partial charge in [0.2, 0.25) is 0 Å². The first-order valence-electron chi connectivity index (χ1n) is 7.61. The van der Waals surface area contributed by atoms with Gasteiger partial charge in [0.15, 0.2) is 0 Å². The van der Waals surface area contributed by atoms with Crippen LogP contribution >= 0.6 is 11.6 Å². The van der Waals surface area contributed by atoms with Crippen molar-refractivity contribution in [1.82, 2.24) is 5.32 Å². The molecule has 3 nitrogen and oxygen atoms in total. The maximum absolute atomic E-state index is 6.40. The summed E-state index contributed by atoms with van der Waals surface area (Å²) >= 11 is 6.40. The van der Waals surface area contributed by atoms with Crippen LogP contribution in [0.5, 0.6) is 0 Å². The molecule has 1 aromatic carbocycles. The first kappa shape index (κ1) is 14.2. The Hall–Kier alpha value is -0.770. The molecule has 110 valence electrons. The van der Waals surface area contributed by atoms with E-state index < -0.39 is 0 Å². The second-order valence-corrected chi connectivity index (χ2v) is 6.17. The molecule has 2 unspecified atom stereocenters. The van der Waals surface area contributed by atoms with Gasteiger partial charge in [0.05, 0.1) is 18.8 Å². The molecule has 0 spiro atoms. The van der Waals surface area contributed by atoms with Crippen LogP contribution in [-0.4, -0.2) is 32.3 Å². The molecular formula is C16H23ClN2O. The molecule has 1 N–H and O–H groups in total. The first-order valence-corrected chi connectivity index (χ1v) is 7.98. The van der Waals surface area contributed by atoms with Crippen molar-refractivity contribution < 1.29 is 4.74 Å². The van der Waals surface area contributed by atoms with Crippen molar-refractivity contribution in [1.29, 1.82) is 0 Å². The van der Waals surface area contributed by atoms with Gasteiger partial charge in [0.25, 0.3) is 0 Å². The van der Waals surface area contributed by atoms with Crippen LogP contribution in [0.2, 0.25) is 5.02 Å². The smallest absolute Gasteiger partial charge is 0.0779 e. The van der Waals surface area contributed by atoms with E-state index in [1.54, 1.807) is 0 Å². The molecule has 1 saturated carbocycles. The largest absolute Gasteiger partial charge is 0.374 e. The number of nitrogens with one attached hydrogen (secondary N) is 1. The molecule has 0 radical (unpaired) electrons. The zero-order valence-corrected chi connectivity index (χ0v) is 12.8. The lowest BCUT2D eigenvalue weighted by molar-refractivity contribution is -0.00867. The number of halogens is 1. The van der Waals surface area contributed by atoms with E-state index in [1.807, 2.05) is 7.05 Å². The van der Waals surface area contributed by atoms with Gasteiger partial charge in [-0.05, 0) is 37.6 Å². The number of hydrogen-bond donors (Lipinski definition) is 1. The summed E-state index contributed by atoms with van der Waals surface area (Å²) < 4.78 is 5.94. The molecule has 0 aromatic heterocycles. The highest BCUT2D eigenvalue weighted by Gasteiger charge is 2.34. The van der Waals surface area contributed by atoms with Gasteiger partial charge in [0.1, 0.15) is 0 Å². The van der Waals surface area contributed by atoms with Gasteiger partial charge >= 0.3 is 0 Å². The number of hydrogen-bond acceptors (Lipinski definition) is 3. The van der Waals surface area contributed by atoms with Crippen molar-refractivity contribution in [2.24, 2.45) is 0 Å². The monoisotopic (exact) mass is 294 g/mol. The topological polar surface area (TPSA) is 24.5 Å². The molecule has 0 amide bonds. The summed E-state index contributed by atoms with van der Waals surface area (Å²) in [6, 6.07) is 6.99. The SMILES string of the molecule is CNCc1ccc(N2CCOC3CCCCC32)cc1Cl. The summed E-state index contributed by atoms with van der Waals surface area (Å²) in [5, 5.41) is 4.01. The quantitative estimate of drug-likeness (QED) is 0.926. The lowest BCUT2D eigenvalue weighted by Crippen LogP contribution is -2.52. The van der Waals surface area contributed by atoms with Crippen LogP contribution in [0.4, 0.5) is 5.69 Å². The summed E-state index contributed by atoms with van der Waals surface area (Å²) in [5.74, 6) is 0. The summed E-state index contributed by atoms with van der Waals surface area (Å²) in [6.07, 6.45) is 5.46. The van der Waals surface area contributed by atoms with E-state index in [9.17, 15) is 0 Å². The Bertz CT molecular complexity index is 464. The van der Waals surface area contributed by atoms with Crippen LogP contribution in [0.1, 0.15) is 31.2 Å². The molecule has 1 heterocycles. The fourth-order valence-electron chi connectivity index (χ4n) is 3.47. The molecule has 4 heteroatoms. The fourth-order valence-corrected chi connectivity index (χ4v) is 3.71. The number of nitrogens with zero attached hydrogens (tertiary/aromatic N) is 1. The highest BCUT2D eigenvalue weighted by atomic mass is 35.5. The Morgan fingerprint density at radius 1 is 1.35 bits per heavy atom. The highest BCUT2D eigenvalue weighted by Crippen LogP contribution is 2.33. The minimum absolute atomic E-state index is 0.410. The van der Waals surface area contributed by atoms with E-state index in [1.165, 1.54) is 31.4 Å². The molecule has 0 bridgehead atoms. The highest BCUT2D eigenvalue weighted by molar-refractivity contribution is 6.31. The van der Waals surface area contributed by atoms with Gasteiger partial charge in [-0.2, -0.15) is 0 Å². The molecule has 1 aromatic rings. The summed E-state index contributed by atoms with van der Waals surface area (Å²) in [7, 11) is 1.94. The fraction of sp³-hybridized carbons (Fsp3) is 0.625. The van der Waals surface area contributed by atoms with Crippen LogP contribution in [0.15, 0.2) is 18.2 Å². The van der Waals surface area contributed by atoms with Crippen molar-refractivity contribution >= 4 is 17.3 Å². The third kappa shape index (κ3) is 2.80. The third-order valence-corrected chi connectivity index (χ3v) is 4.82. The molecule has 3 rings (SSSR count). The van der Waals surface area contributed by atoms with Gasteiger partial charge < -0.3 is 15.0 Å². The molecule has 20 heavy (non-hydrogen) atoms. The predicted molar refractivity (Wildman–Crippen MR) is 83.6 cm³/mol. The van der Waals surface area contributed by atoms with Crippen molar-refractivity contribution in [3.8, 4) is 0 Å². The van der Waals surface area contributed by atoms with Crippen LogP contribution in [0.25, 0.3) is 0 Å². The predicted octanol–water partition coefficient (Wildman–Crippen LogP) is 3.21. The second-order valence-electron chi connectivity index (χ2n) is 5.76. The van der Waals surface area contributed by atoms with Gasteiger partial charge in [-0.15, -0.1) is 0 Å². The zero-order valence-electron chi connectivity index (χ0n) is 12.1. The number of ether oxygens (including phenoxy) is 1. The van der Waals surface area contributed by atoms with Gasteiger partial charge in [-0.1, -0.05) is 30.5 Å². The van der Waals surface area contributed by atoms with Crippen LogP contribution in [0.3, 0.4) is 0 Å². The van der Waals surface area contributed by atoms with Crippen LogP contribution < -0.4 is 10.2 Å². The Balaban J connectivity index is 1.82. The van der Waals surface area contributed by atoms with Crippen molar-refractivity contribution in [3.05, 3.63) is 28.8 Å². The van der Waals surface area contributed by atoms with E-state index in [-0.39, 0.29) is 0 Å². The maximum Gasteiger partial charge on any atom is 0.0779 e. The number of rotatable bonds is 3. The molecule has 2 fully saturated rings. The Labute approximate surface area is 126 Å². The first-order chi connectivity index (χ1) is 9.79. The van der Waals surface area contributed by atoms with Crippen molar-refractivity contribution in [2.75, 3.05) is 25.1 Å². The lowest BCUT2D eigenvalue weighted by Gasteiger charge is -2.45. The average Bonchev–Trinajstić information content (AvgIpc) is 2.49. The van der Waals surface area contributed by atoms with E-state index in [4.69, 9.17) is 16.3 Å². The summed E-state index contributed by atoms with van der Waals surface area (Å²) in [5.41, 5.74) is 2.40. The molecular weight excluding hydrogens is 272 g/mol. The van der Waals surface area contributed by atoms with Crippen LogP contribution in [0, 0.1) is 0 Å². The molecule has 2 atom stereocenters. The van der Waals surface area contributed by atoms with E-state index in [0.29, 0.717) is 12.1 Å². The second kappa shape index (κ2) is 6.33. The normalized spacial score (nSPS) is 26.4. The standard InChI is InChI=1S/C16H23ClN2O/c1-18-11-12-6-7-13(10-14(12)17)19-8-9-20-16-5-3-2-4-15(16)19/h6-7,10,15-16,18H,2-5,8-9,11H2,1H3. The Kier molecular flexibility index (Phi) is 4.49. The number of morpholine rings is 1. The Morgan fingerprint density at radius 2 is 2.20 bits per heavy atom. The summed E-state index contributed by atoms with van der Waals surface area (Å²) in [4.78, 5) is 2.50. The minimum Gasteiger partial charge on any atom is -0.374 e.